The maximum Gasteiger partial charge on any atom is 0.262 e. The van der Waals surface area contributed by atoms with Crippen molar-refractivity contribution in [2.45, 2.75) is 26.6 Å². The molecule has 156 valence electrons. The summed E-state index contributed by atoms with van der Waals surface area (Å²) in [5, 5.41) is 9.53. The molecule has 0 N–H and O–H groups in total. The van der Waals surface area contributed by atoms with Crippen LogP contribution in [0.3, 0.4) is 0 Å². The molecule has 0 bridgehead atoms. The zero-order valence-corrected chi connectivity index (χ0v) is 18.4. The van der Waals surface area contributed by atoms with Gasteiger partial charge in [0.05, 0.1) is 21.8 Å². The summed E-state index contributed by atoms with van der Waals surface area (Å²) >= 11 is 7.71. The van der Waals surface area contributed by atoms with Gasteiger partial charge >= 0.3 is 0 Å². The highest BCUT2D eigenvalue weighted by molar-refractivity contribution is 7.16. The molecule has 0 amide bonds. The first-order valence-electron chi connectivity index (χ1n) is 10.2. The van der Waals surface area contributed by atoms with Crippen molar-refractivity contribution in [1.82, 2.24) is 29.0 Å². The van der Waals surface area contributed by atoms with Crippen LogP contribution in [0.4, 0.5) is 0 Å². The van der Waals surface area contributed by atoms with Gasteiger partial charge in [0.25, 0.3) is 5.56 Å². The van der Waals surface area contributed by atoms with E-state index in [0.29, 0.717) is 24.3 Å². The lowest BCUT2D eigenvalue weighted by Gasteiger charge is -2.34. The van der Waals surface area contributed by atoms with E-state index < -0.39 is 0 Å². The van der Waals surface area contributed by atoms with Crippen molar-refractivity contribution in [3.8, 4) is 0 Å². The highest BCUT2D eigenvalue weighted by Crippen LogP contribution is 2.23. The van der Waals surface area contributed by atoms with Crippen molar-refractivity contribution < 1.29 is 0 Å². The van der Waals surface area contributed by atoms with Crippen LogP contribution in [0.15, 0.2) is 41.2 Å². The predicted molar refractivity (Wildman–Crippen MR) is 120 cm³/mol. The molecule has 0 atom stereocenters. The fourth-order valence-electron chi connectivity index (χ4n) is 4.16. The monoisotopic (exact) mass is 442 g/mol. The lowest BCUT2D eigenvalue weighted by atomic mass is 10.2. The van der Waals surface area contributed by atoms with E-state index in [9.17, 15) is 4.79 Å². The van der Waals surface area contributed by atoms with Crippen LogP contribution in [-0.2, 0) is 19.6 Å². The van der Waals surface area contributed by atoms with Crippen LogP contribution in [0.1, 0.15) is 17.6 Å². The molecular weight excluding hydrogens is 420 g/mol. The Kier molecular flexibility index (Phi) is 5.32. The van der Waals surface area contributed by atoms with Crippen LogP contribution in [0, 0.1) is 0 Å². The number of aromatic nitrogens is 4. The van der Waals surface area contributed by atoms with Crippen LogP contribution < -0.4 is 5.56 Å². The first-order chi connectivity index (χ1) is 14.6. The molecule has 4 aromatic rings. The van der Waals surface area contributed by atoms with Crippen LogP contribution >= 0.6 is 22.9 Å². The summed E-state index contributed by atoms with van der Waals surface area (Å²) < 4.78 is 4.59. The number of rotatable bonds is 5. The van der Waals surface area contributed by atoms with Crippen molar-refractivity contribution in [2.75, 3.05) is 26.2 Å². The number of aryl methyl sites for hydroxylation is 1. The van der Waals surface area contributed by atoms with E-state index in [1.165, 1.54) is 4.88 Å². The quantitative estimate of drug-likeness (QED) is 0.475. The number of thiophene rings is 1. The second-order valence-corrected chi connectivity index (χ2v) is 9.38. The zero-order chi connectivity index (χ0) is 20.7. The van der Waals surface area contributed by atoms with Gasteiger partial charge in [-0.15, -0.1) is 21.5 Å². The summed E-state index contributed by atoms with van der Waals surface area (Å²) in [6.07, 6.45) is 0. The van der Waals surface area contributed by atoms with Gasteiger partial charge in [0.2, 0.25) is 5.78 Å². The normalized spacial score (nSPS) is 16.1. The molecule has 0 radical (unpaired) electrons. The molecule has 30 heavy (non-hydrogen) atoms. The molecule has 0 aliphatic carbocycles. The molecule has 1 fully saturated rings. The molecule has 0 saturated carbocycles. The van der Waals surface area contributed by atoms with Crippen LogP contribution in [-0.4, -0.2) is 55.1 Å². The van der Waals surface area contributed by atoms with Gasteiger partial charge in [-0.3, -0.25) is 23.6 Å². The van der Waals surface area contributed by atoms with E-state index >= 15 is 0 Å². The molecule has 4 heterocycles. The van der Waals surface area contributed by atoms with Gasteiger partial charge in [-0.25, -0.2) is 0 Å². The second kappa shape index (κ2) is 8.11. The Balaban J connectivity index is 1.38. The number of hydrogen-bond donors (Lipinski definition) is 0. The third kappa shape index (κ3) is 3.54. The van der Waals surface area contributed by atoms with Gasteiger partial charge in [0.15, 0.2) is 5.82 Å². The van der Waals surface area contributed by atoms with E-state index in [4.69, 9.17) is 11.6 Å². The summed E-state index contributed by atoms with van der Waals surface area (Å²) in [7, 11) is 0. The molecular formula is C21H23ClN6OS. The van der Waals surface area contributed by atoms with E-state index in [1.54, 1.807) is 15.9 Å². The smallest absolute Gasteiger partial charge is 0.262 e. The summed E-state index contributed by atoms with van der Waals surface area (Å²) in [4.78, 5) is 19.0. The topological polar surface area (TPSA) is 58.7 Å². The van der Waals surface area contributed by atoms with Crippen LogP contribution in [0.2, 0.25) is 4.34 Å². The lowest BCUT2D eigenvalue weighted by Crippen LogP contribution is -2.45. The van der Waals surface area contributed by atoms with Gasteiger partial charge in [0, 0.05) is 44.1 Å². The minimum atomic E-state index is -0.0122. The predicted octanol–water partition coefficient (Wildman–Crippen LogP) is 3.10. The van der Waals surface area contributed by atoms with Crippen LogP contribution in [0.5, 0.6) is 0 Å². The van der Waals surface area contributed by atoms with Gasteiger partial charge in [-0.1, -0.05) is 23.7 Å². The second-order valence-electron chi connectivity index (χ2n) is 7.58. The number of benzene rings is 1. The number of hydrogen-bond acceptors (Lipinski definition) is 6. The van der Waals surface area contributed by atoms with Crippen molar-refractivity contribution in [3.05, 3.63) is 61.8 Å². The van der Waals surface area contributed by atoms with Crippen molar-refractivity contribution in [2.24, 2.45) is 0 Å². The average molecular weight is 443 g/mol. The minimum absolute atomic E-state index is 0.0122. The standard InChI is InChI=1S/C21H23ClN6OS/c1-2-27-20(29)16-5-3-4-6-17(16)28-19(23-24-21(27)28)14-26-11-9-25(10-12-26)13-15-7-8-18(22)30-15/h3-8H,2,9-14H2,1H3. The first kappa shape index (κ1) is 19.7. The Morgan fingerprint density at radius 2 is 1.73 bits per heavy atom. The van der Waals surface area contributed by atoms with Crippen molar-refractivity contribution in [3.63, 3.8) is 0 Å². The maximum atomic E-state index is 12.8. The van der Waals surface area contributed by atoms with Gasteiger partial charge in [-0.2, -0.15) is 0 Å². The SMILES string of the molecule is CCn1c(=O)c2ccccc2n2c(CN3CCN(Cc4ccc(Cl)s4)CC3)nnc12. The highest BCUT2D eigenvalue weighted by Gasteiger charge is 2.21. The Hall–Kier alpha value is -2.26. The Bertz CT molecular complexity index is 1250. The number of para-hydroxylation sites is 1. The lowest BCUT2D eigenvalue weighted by molar-refractivity contribution is 0.120. The van der Waals surface area contributed by atoms with E-state index in [1.807, 2.05) is 41.7 Å². The maximum absolute atomic E-state index is 12.8. The third-order valence-electron chi connectivity index (χ3n) is 5.73. The number of halogens is 1. The Morgan fingerprint density at radius 1 is 1.00 bits per heavy atom. The minimum Gasteiger partial charge on any atom is -0.296 e. The number of fused-ring (bicyclic) bond motifs is 3. The molecule has 9 heteroatoms. The van der Waals surface area contributed by atoms with Gasteiger partial charge in [-0.05, 0) is 31.2 Å². The van der Waals surface area contributed by atoms with Gasteiger partial charge < -0.3 is 0 Å². The van der Waals surface area contributed by atoms with Gasteiger partial charge in [0.1, 0.15) is 0 Å². The summed E-state index contributed by atoms with van der Waals surface area (Å²) in [5.41, 5.74) is 0.859. The summed E-state index contributed by atoms with van der Waals surface area (Å²) in [6, 6.07) is 11.8. The molecule has 5 rings (SSSR count). The molecule has 1 aromatic carbocycles. The molecule has 3 aromatic heterocycles. The van der Waals surface area contributed by atoms with E-state index in [-0.39, 0.29) is 5.56 Å². The van der Waals surface area contributed by atoms with Crippen LogP contribution in [0.25, 0.3) is 16.7 Å². The number of piperazine rings is 1. The summed E-state index contributed by atoms with van der Waals surface area (Å²) in [6.45, 7) is 8.15. The third-order valence-corrected chi connectivity index (χ3v) is 6.95. The largest absolute Gasteiger partial charge is 0.296 e. The van der Waals surface area contributed by atoms with Crippen molar-refractivity contribution in [1.29, 1.82) is 0 Å². The Morgan fingerprint density at radius 3 is 2.43 bits per heavy atom. The molecule has 0 unspecified atom stereocenters. The summed E-state index contributed by atoms with van der Waals surface area (Å²) in [5.74, 6) is 1.49. The van der Waals surface area contributed by atoms with E-state index in [2.05, 4.69) is 26.1 Å². The Labute approximate surface area is 183 Å². The molecule has 1 saturated heterocycles. The molecule has 1 aliphatic heterocycles. The molecule has 0 spiro atoms. The molecule has 7 nitrogen and oxygen atoms in total. The fourth-order valence-corrected chi connectivity index (χ4v) is 5.29. The zero-order valence-electron chi connectivity index (χ0n) is 16.8. The molecule has 1 aliphatic rings. The highest BCUT2D eigenvalue weighted by atomic mass is 35.5. The average Bonchev–Trinajstić information content (AvgIpc) is 3.36. The van der Waals surface area contributed by atoms with E-state index in [0.717, 1.165) is 48.4 Å². The first-order valence-corrected chi connectivity index (χ1v) is 11.4. The van der Waals surface area contributed by atoms with Crippen molar-refractivity contribution >= 4 is 39.6 Å². The fraction of sp³-hybridized carbons (Fsp3) is 0.381. The number of nitrogens with zero attached hydrogens (tertiary/aromatic N) is 6.